The van der Waals surface area contributed by atoms with Crippen LogP contribution in [0, 0.1) is 10.1 Å². The summed E-state index contributed by atoms with van der Waals surface area (Å²) in [5.74, 6) is 1.04. The molecule has 1 fully saturated rings. The Hall–Kier alpha value is -2.98. The highest BCUT2D eigenvalue weighted by Crippen LogP contribution is 2.22. The van der Waals surface area contributed by atoms with Gasteiger partial charge in [0, 0.05) is 38.3 Å². The van der Waals surface area contributed by atoms with Crippen molar-refractivity contribution >= 4 is 21.6 Å². The van der Waals surface area contributed by atoms with Crippen LogP contribution < -0.4 is 4.74 Å². The van der Waals surface area contributed by atoms with Gasteiger partial charge in [-0.2, -0.15) is 4.31 Å². The molecule has 172 valence electrons. The third kappa shape index (κ3) is 5.63. The average Bonchev–Trinajstić information content (AvgIpc) is 2.79. The second kappa shape index (κ2) is 10.1. The maximum Gasteiger partial charge on any atom is 0.270 e. The van der Waals surface area contributed by atoms with Crippen molar-refractivity contribution in [2.75, 3.05) is 32.8 Å². The van der Waals surface area contributed by atoms with Gasteiger partial charge in [-0.15, -0.1) is 0 Å². The standard InChI is InChI=1S/C22H27N3O6S/c1-17(2)18-6-8-20(9-7-18)31-15-10-22(26)23-11-13-24(14-12-23)32(29,30)21-5-3-4-19(16-21)25(27)28/h3-9,16-17H,10-15H2,1-2H3. The lowest BCUT2D eigenvalue weighted by molar-refractivity contribution is -0.385. The first-order valence-corrected chi connectivity index (χ1v) is 11.9. The summed E-state index contributed by atoms with van der Waals surface area (Å²) in [6.45, 7) is 5.26. The molecular weight excluding hydrogens is 434 g/mol. The van der Waals surface area contributed by atoms with Gasteiger partial charge in [0.1, 0.15) is 5.75 Å². The molecule has 0 N–H and O–H groups in total. The Balaban J connectivity index is 1.50. The summed E-state index contributed by atoms with van der Waals surface area (Å²) in [6, 6.07) is 12.8. The molecule has 0 unspecified atom stereocenters. The number of carbonyl (C=O) groups is 1. The van der Waals surface area contributed by atoms with Gasteiger partial charge in [0.15, 0.2) is 0 Å². The maximum absolute atomic E-state index is 12.8. The molecule has 3 rings (SSSR count). The van der Waals surface area contributed by atoms with Crippen LogP contribution in [0.5, 0.6) is 5.75 Å². The molecule has 1 amide bonds. The molecular formula is C22H27N3O6S. The van der Waals surface area contributed by atoms with Crippen molar-refractivity contribution in [3.8, 4) is 5.75 Å². The van der Waals surface area contributed by atoms with E-state index in [1.165, 1.54) is 28.1 Å². The number of hydrogen-bond acceptors (Lipinski definition) is 6. The number of sulfonamides is 1. The van der Waals surface area contributed by atoms with Crippen LogP contribution in [0.25, 0.3) is 0 Å². The molecule has 0 aliphatic carbocycles. The number of ether oxygens (including phenoxy) is 1. The van der Waals surface area contributed by atoms with Gasteiger partial charge >= 0.3 is 0 Å². The quantitative estimate of drug-likeness (QED) is 0.441. The number of hydrogen-bond donors (Lipinski definition) is 0. The molecule has 1 saturated heterocycles. The predicted molar refractivity (Wildman–Crippen MR) is 119 cm³/mol. The van der Waals surface area contributed by atoms with Crippen molar-refractivity contribution < 1.29 is 22.9 Å². The fraction of sp³-hybridized carbons (Fsp3) is 0.409. The molecule has 0 saturated carbocycles. The molecule has 9 nitrogen and oxygen atoms in total. The van der Waals surface area contributed by atoms with E-state index >= 15 is 0 Å². The van der Waals surface area contributed by atoms with E-state index in [4.69, 9.17) is 4.74 Å². The van der Waals surface area contributed by atoms with E-state index in [1.807, 2.05) is 24.3 Å². The van der Waals surface area contributed by atoms with Crippen molar-refractivity contribution in [1.82, 2.24) is 9.21 Å². The van der Waals surface area contributed by atoms with Crippen LogP contribution >= 0.6 is 0 Å². The molecule has 0 atom stereocenters. The summed E-state index contributed by atoms with van der Waals surface area (Å²) in [6.07, 6.45) is 0.198. The number of rotatable bonds is 8. The Morgan fingerprint density at radius 2 is 1.75 bits per heavy atom. The Labute approximate surface area is 187 Å². The number of carbonyl (C=O) groups excluding carboxylic acids is 1. The van der Waals surface area contributed by atoms with Gasteiger partial charge in [-0.3, -0.25) is 14.9 Å². The maximum atomic E-state index is 12.8. The van der Waals surface area contributed by atoms with Crippen LogP contribution in [0.4, 0.5) is 5.69 Å². The minimum absolute atomic E-state index is 0.101. The van der Waals surface area contributed by atoms with Crippen LogP contribution in [-0.4, -0.2) is 61.2 Å². The number of piperazine rings is 1. The smallest absolute Gasteiger partial charge is 0.270 e. The zero-order valence-electron chi connectivity index (χ0n) is 18.1. The molecule has 1 aliphatic heterocycles. The van der Waals surface area contributed by atoms with Gasteiger partial charge in [-0.05, 0) is 29.7 Å². The van der Waals surface area contributed by atoms with E-state index in [2.05, 4.69) is 13.8 Å². The fourth-order valence-corrected chi connectivity index (χ4v) is 4.91. The second-order valence-electron chi connectivity index (χ2n) is 7.86. The SMILES string of the molecule is CC(C)c1ccc(OCCC(=O)N2CCN(S(=O)(=O)c3cccc([N+](=O)[O-])c3)CC2)cc1. The highest BCUT2D eigenvalue weighted by Gasteiger charge is 2.30. The van der Waals surface area contributed by atoms with Gasteiger partial charge in [0.05, 0.1) is 22.8 Å². The minimum atomic E-state index is -3.86. The molecule has 0 radical (unpaired) electrons. The number of non-ortho nitro benzene ring substituents is 1. The summed E-state index contributed by atoms with van der Waals surface area (Å²) in [5.41, 5.74) is 0.935. The van der Waals surface area contributed by atoms with Crippen molar-refractivity contribution in [3.05, 3.63) is 64.2 Å². The van der Waals surface area contributed by atoms with E-state index in [0.29, 0.717) is 11.7 Å². The fourth-order valence-electron chi connectivity index (χ4n) is 3.45. The zero-order chi connectivity index (χ0) is 23.3. The second-order valence-corrected chi connectivity index (χ2v) is 9.80. The molecule has 1 aliphatic rings. The largest absolute Gasteiger partial charge is 0.493 e. The summed E-state index contributed by atoms with van der Waals surface area (Å²) < 4.78 is 32.5. The minimum Gasteiger partial charge on any atom is -0.493 e. The Bertz CT molecular complexity index is 1060. The zero-order valence-corrected chi connectivity index (χ0v) is 19.0. The van der Waals surface area contributed by atoms with E-state index in [9.17, 15) is 23.3 Å². The first-order chi connectivity index (χ1) is 15.2. The molecule has 0 spiro atoms. The summed E-state index contributed by atoms with van der Waals surface area (Å²) in [7, 11) is -3.86. The summed E-state index contributed by atoms with van der Waals surface area (Å²) >= 11 is 0. The van der Waals surface area contributed by atoms with Crippen LogP contribution in [0.15, 0.2) is 53.4 Å². The van der Waals surface area contributed by atoms with E-state index < -0.39 is 14.9 Å². The monoisotopic (exact) mass is 461 g/mol. The van der Waals surface area contributed by atoms with Crippen molar-refractivity contribution in [2.45, 2.75) is 31.1 Å². The number of benzene rings is 2. The topological polar surface area (TPSA) is 110 Å². The molecule has 10 heteroatoms. The lowest BCUT2D eigenvalue weighted by atomic mass is 10.0. The molecule has 32 heavy (non-hydrogen) atoms. The summed E-state index contributed by atoms with van der Waals surface area (Å²) in [5, 5.41) is 10.9. The van der Waals surface area contributed by atoms with Gasteiger partial charge in [0.25, 0.3) is 5.69 Å². The molecule has 2 aromatic carbocycles. The number of amides is 1. The third-order valence-corrected chi connectivity index (χ3v) is 7.28. The van der Waals surface area contributed by atoms with Gasteiger partial charge in [-0.1, -0.05) is 32.0 Å². The lowest BCUT2D eigenvalue weighted by Gasteiger charge is -2.34. The van der Waals surface area contributed by atoms with E-state index in [1.54, 1.807) is 4.90 Å². The highest BCUT2D eigenvalue weighted by molar-refractivity contribution is 7.89. The Morgan fingerprint density at radius 3 is 2.34 bits per heavy atom. The van der Waals surface area contributed by atoms with Gasteiger partial charge < -0.3 is 9.64 Å². The number of nitro groups is 1. The average molecular weight is 462 g/mol. The van der Waals surface area contributed by atoms with E-state index in [-0.39, 0.29) is 55.7 Å². The number of nitrogens with zero attached hydrogens (tertiary/aromatic N) is 3. The van der Waals surface area contributed by atoms with Crippen LogP contribution in [0.1, 0.15) is 31.7 Å². The molecule has 1 heterocycles. The third-order valence-electron chi connectivity index (χ3n) is 5.39. The van der Waals surface area contributed by atoms with Gasteiger partial charge in [0.2, 0.25) is 15.9 Å². The van der Waals surface area contributed by atoms with Gasteiger partial charge in [-0.25, -0.2) is 8.42 Å². The molecule has 0 bridgehead atoms. The van der Waals surface area contributed by atoms with Crippen molar-refractivity contribution in [3.63, 3.8) is 0 Å². The van der Waals surface area contributed by atoms with Crippen LogP contribution in [0.3, 0.4) is 0 Å². The normalized spacial score (nSPS) is 15.0. The first kappa shape index (κ1) is 23.7. The van der Waals surface area contributed by atoms with Crippen molar-refractivity contribution in [2.24, 2.45) is 0 Å². The summed E-state index contributed by atoms with van der Waals surface area (Å²) in [4.78, 5) is 24.3. The van der Waals surface area contributed by atoms with Crippen LogP contribution in [0.2, 0.25) is 0 Å². The Kier molecular flexibility index (Phi) is 7.47. The lowest BCUT2D eigenvalue weighted by Crippen LogP contribution is -2.50. The first-order valence-electron chi connectivity index (χ1n) is 10.4. The molecule has 0 aromatic heterocycles. The highest BCUT2D eigenvalue weighted by atomic mass is 32.2. The Morgan fingerprint density at radius 1 is 1.09 bits per heavy atom. The van der Waals surface area contributed by atoms with E-state index in [0.717, 1.165) is 6.07 Å². The van der Waals surface area contributed by atoms with Crippen LogP contribution in [-0.2, 0) is 14.8 Å². The number of nitro benzene ring substituents is 1. The molecule has 2 aromatic rings. The predicted octanol–water partition coefficient (Wildman–Crippen LogP) is 3.02. The van der Waals surface area contributed by atoms with Crippen molar-refractivity contribution in [1.29, 1.82) is 0 Å².